The van der Waals surface area contributed by atoms with E-state index < -0.39 is 12.0 Å². The summed E-state index contributed by atoms with van der Waals surface area (Å²) in [6.07, 6.45) is 0.537. The predicted molar refractivity (Wildman–Crippen MR) is 39.7 cm³/mol. The summed E-state index contributed by atoms with van der Waals surface area (Å²) in [7, 11) is 0. The molecule has 11 heavy (non-hydrogen) atoms. The van der Waals surface area contributed by atoms with Crippen LogP contribution in [0.2, 0.25) is 0 Å². The molecule has 5 nitrogen and oxygen atoms in total. The lowest BCUT2D eigenvalue weighted by atomic mass is 10.0. The van der Waals surface area contributed by atoms with Crippen molar-refractivity contribution in [2.45, 2.75) is 12.5 Å². The molecule has 1 aliphatic rings. The van der Waals surface area contributed by atoms with Crippen molar-refractivity contribution in [1.29, 1.82) is 0 Å². The zero-order valence-corrected chi connectivity index (χ0v) is 6.21. The molecule has 0 spiro atoms. The van der Waals surface area contributed by atoms with E-state index in [-0.39, 0.29) is 0 Å². The number of nitrogens with one attached hydrogen (secondary N) is 2. The molecule has 0 saturated carbocycles. The Bertz CT molecular complexity index is 145. The van der Waals surface area contributed by atoms with Gasteiger partial charge in [0, 0.05) is 13.1 Å². The molecule has 0 aromatic carbocycles. The highest BCUT2D eigenvalue weighted by Gasteiger charge is 2.20. The standard InChI is InChI=1S/C6H13N3O2/c7-5(6(10)11)1-4-2-8-9-3-4/h4-5,8-9H,1-3,7H2,(H,10,11). The number of rotatable bonds is 3. The number of nitrogens with two attached hydrogens (primary N) is 1. The van der Waals surface area contributed by atoms with E-state index >= 15 is 0 Å². The number of carbonyl (C=O) groups is 1. The van der Waals surface area contributed by atoms with Gasteiger partial charge in [0.2, 0.25) is 0 Å². The van der Waals surface area contributed by atoms with Gasteiger partial charge < -0.3 is 10.8 Å². The molecule has 0 amide bonds. The summed E-state index contributed by atoms with van der Waals surface area (Å²) in [5.74, 6) is -0.571. The molecule has 1 heterocycles. The van der Waals surface area contributed by atoms with Gasteiger partial charge in [-0.1, -0.05) is 0 Å². The fourth-order valence-corrected chi connectivity index (χ4v) is 1.13. The van der Waals surface area contributed by atoms with Crippen molar-refractivity contribution in [3.63, 3.8) is 0 Å². The molecule has 0 radical (unpaired) electrons. The van der Waals surface area contributed by atoms with Crippen LogP contribution < -0.4 is 16.6 Å². The van der Waals surface area contributed by atoms with Crippen LogP contribution in [0.5, 0.6) is 0 Å². The minimum Gasteiger partial charge on any atom is -0.480 e. The maximum absolute atomic E-state index is 10.3. The first kappa shape index (κ1) is 8.45. The number of hydrazine groups is 1. The first-order valence-electron chi connectivity index (χ1n) is 3.64. The largest absolute Gasteiger partial charge is 0.480 e. The lowest BCUT2D eigenvalue weighted by molar-refractivity contribution is -0.138. The van der Waals surface area contributed by atoms with E-state index in [0.717, 1.165) is 13.1 Å². The third-order valence-corrected chi connectivity index (χ3v) is 1.81. The Morgan fingerprint density at radius 2 is 2.18 bits per heavy atom. The second-order valence-corrected chi connectivity index (χ2v) is 2.81. The van der Waals surface area contributed by atoms with Crippen LogP contribution in [0, 0.1) is 5.92 Å². The van der Waals surface area contributed by atoms with Crippen molar-refractivity contribution in [3.8, 4) is 0 Å². The van der Waals surface area contributed by atoms with Crippen molar-refractivity contribution < 1.29 is 9.90 Å². The SMILES string of the molecule is NC(CC1CNNC1)C(=O)O. The Hall–Kier alpha value is -0.650. The third kappa shape index (κ3) is 2.45. The second kappa shape index (κ2) is 3.66. The van der Waals surface area contributed by atoms with Crippen LogP contribution in [0.25, 0.3) is 0 Å². The Balaban J connectivity index is 2.23. The topological polar surface area (TPSA) is 87.4 Å². The van der Waals surface area contributed by atoms with E-state index in [1.54, 1.807) is 0 Å². The molecule has 0 bridgehead atoms. The van der Waals surface area contributed by atoms with Crippen LogP contribution in [0.1, 0.15) is 6.42 Å². The first-order chi connectivity index (χ1) is 5.20. The number of hydrogen-bond acceptors (Lipinski definition) is 4. The Morgan fingerprint density at radius 3 is 2.64 bits per heavy atom. The van der Waals surface area contributed by atoms with Gasteiger partial charge in [-0.3, -0.25) is 15.6 Å². The van der Waals surface area contributed by atoms with Gasteiger partial charge in [0.15, 0.2) is 0 Å². The second-order valence-electron chi connectivity index (χ2n) is 2.81. The summed E-state index contributed by atoms with van der Waals surface area (Å²) in [5.41, 5.74) is 11.2. The number of carboxylic acids is 1. The first-order valence-corrected chi connectivity index (χ1v) is 3.64. The van der Waals surface area contributed by atoms with E-state index in [0.29, 0.717) is 12.3 Å². The summed E-state index contributed by atoms with van der Waals surface area (Å²) in [6, 6.07) is -0.721. The average Bonchev–Trinajstić information content (AvgIpc) is 2.39. The highest BCUT2D eigenvalue weighted by atomic mass is 16.4. The van der Waals surface area contributed by atoms with Crippen molar-refractivity contribution in [1.82, 2.24) is 10.9 Å². The predicted octanol–water partition coefficient (Wildman–Crippen LogP) is -1.49. The van der Waals surface area contributed by atoms with E-state index in [1.165, 1.54) is 0 Å². The number of hydrogen-bond donors (Lipinski definition) is 4. The molecule has 1 unspecified atom stereocenters. The zero-order chi connectivity index (χ0) is 8.27. The molecule has 1 aliphatic heterocycles. The molecule has 64 valence electrons. The zero-order valence-electron chi connectivity index (χ0n) is 6.21. The molecule has 1 saturated heterocycles. The monoisotopic (exact) mass is 159 g/mol. The van der Waals surface area contributed by atoms with Gasteiger partial charge in [0.25, 0.3) is 0 Å². The summed E-state index contributed by atoms with van der Waals surface area (Å²) in [5, 5.41) is 8.48. The number of aliphatic carboxylic acids is 1. The minimum absolute atomic E-state index is 0.348. The van der Waals surface area contributed by atoms with E-state index in [2.05, 4.69) is 10.9 Å². The van der Waals surface area contributed by atoms with Crippen LogP contribution >= 0.6 is 0 Å². The van der Waals surface area contributed by atoms with Crippen LogP contribution in [0.15, 0.2) is 0 Å². The van der Waals surface area contributed by atoms with Crippen LogP contribution in [-0.2, 0) is 4.79 Å². The summed E-state index contributed by atoms with van der Waals surface area (Å²) < 4.78 is 0. The van der Waals surface area contributed by atoms with Gasteiger partial charge >= 0.3 is 5.97 Å². The van der Waals surface area contributed by atoms with E-state index in [1.807, 2.05) is 0 Å². The molecular weight excluding hydrogens is 146 g/mol. The maximum atomic E-state index is 10.3. The normalized spacial score (nSPS) is 21.9. The summed E-state index contributed by atoms with van der Waals surface area (Å²) in [4.78, 5) is 10.3. The average molecular weight is 159 g/mol. The van der Waals surface area contributed by atoms with Crippen LogP contribution in [0.3, 0.4) is 0 Å². The Labute approximate surface area is 64.9 Å². The van der Waals surface area contributed by atoms with Gasteiger partial charge in [0.05, 0.1) is 0 Å². The van der Waals surface area contributed by atoms with Gasteiger partial charge in [-0.05, 0) is 12.3 Å². The van der Waals surface area contributed by atoms with Crippen LogP contribution in [-0.4, -0.2) is 30.2 Å². The Morgan fingerprint density at radius 1 is 1.64 bits per heavy atom. The van der Waals surface area contributed by atoms with Crippen LogP contribution in [0.4, 0.5) is 0 Å². The third-order valence-electron chi connectivity index (χ3n) is 1.81. The maximum Gasteiger partial charge on any atom is 0.320 e. The van der Waals surface area contributed by atoms with E-state index in [4.69, 9.17) is 10.8 Å². The van der Waals surface area contributed by atoms with Gasteiger partial charge in [0.1, 0.15) is 6.04 Å². The molecule has 1 rings (SSSR count). The lowest BCUT2D eigenvalue weighted by Gasteiger charge is -2.09. The molecule has 0 aliphatic carbocycles. The lowest BCUT2D eigenvalue weighted by Crippen LogP contribution is -2.33. The quantitative estimate of drug-likeness (QED) is 0.403. The van der Waals surface area contributed by atoms with Gasteiger partial charge in [-0.25, -0.2) is 0 Å². The molecule has 0 aromatic heterocycles. The molecular formula is C6H13N3O2. The van der Waals surface area contributed by atoms with Crippen molar-refractivity contribution in [3.05, 3.63) is 0 Å². The minimum atomic E-state index is -0.920. The molecule has 5 heteroatoms. The highest BCUT2D eigenvalue weighted by Crippen LogP contribution is 2.06. The molecule has 1 fully saturated rings. The smallest absolute Gasteiger partial charge is 0.320 e. The summed E-state index contributed by atoms with van der Waals surface area (Å²) >= 11 is 0. The molecule has 1 atom stereocenters. The van der Waals surface area contributed by atoms with E-state index in [9.17, 15) is 4.79 Å². The number of carboxylic acid groups (broad SMARTS) is 1. The molecule has 5 N–H and O–H groups in total. The fraction of sp³-hybridized carbons (Fsp3) is 0.833. The Kier molecular flexibility index (Phi) is 2.81. The van der Waals surface area contributed by atoms with Gasteiger partial charge in [-0.2, -0.15) is 0 Å². The van der Waals surface area contributed by atoms with Crippen molar-refractivity contribution in [2.24, 2.45) is 11.7 Å². The van der Waals surface area contributed by atoms with Gasteiger partial charge in [-0.15, -0.1) is 0 Å². The fourth-order valence-electron chi connectivity index (χ4n) is 1.13. The van der Waals surface area contributed by atoms with Crippen molar-refractivity contribution >= 4 is 5.97 Å². The van der Waals surface area contributed by atoms with Crippen molar-refractivity contribution in [2.75, 3.05) is 13.1 Å². The highest BCUT2D eigenvalue weighted by molar-refractivity contribution is 5.73. The summed E-state index contributed by atoms with van der Waals surface area (Å²) in [6.45, 7) is 1.61. The molecule has 0 aromatic rings.